The van der Waals surface area contributed by atoms with E-state index in [4.69, 9.17) is 0 Å². The summed E-state index contributed by atoms with van der Waals surface area (Å²) in [5.74, 6) is 0. The van der Waals surface area contributed by atoms with Gasteiger partial charge in [0.2, 0.25) is 0 Å². The normalized spacial score (nSPS) is 11.4. The van der Waals surface area contributed by atoms with E-state index in [1.54, 1.807) is 17.9 Å². The second kappa shape index (κ2) is 6.79. The predicted molar refractivity (Wildman–Crippen MR) is 83.8 cm³/mol. The third-order valence-electron chi connectivity index (χ3n) is 1.72. The molecule has 0 aliphatic carbocycles. The first-order valence-electron chi connectivity index (χ1n) is 4.74. The summed E-state index contributed by atoms with van der Waals surface area (Å²) in [6, 6.07) is 11.9. The van der Waals surface area contributed by atoms with Crippen molar-refractivity contribution in [3.63, 3.8) is 0 Å². The summed E-state index contributed by atoms with van der Waals surface area (Å²) in [6.45, 7) is 0. The molecule has 0 fully saturated rings. The number of hydrogen-bond acceptors (Lipinski definition) is 4. The Morgan fingerprint density at radius 1 is 0.824 bits per heavy atom. The second-order valence-electron chi connectivity index (χ2n) is 3.00. The van der Waals surface area contributed by atoms with Crippen LogP contribution in [0.5, 0.6) is 0 Å². The van der Waals surface area contributed by atoms with Crippen LogP contribution in [0.4, 0.5) is 0 Å². The molecule has 2 aromatic rings. The Labute approximate surface area is 122 Å². The minimum atomic E-state index is -2.62. The zero-order chi connectivity index (χ0) is 12.1. The van der Waals surface area contributed by atoms with Gasteiger partial charge in [0, 0.05) is 0 Å². The standard InChI is InChI=1S/2C5H5NS.2BrH.Sn/c2*7-5-3-1-2-4-6-5;;;/h2*1-4H,(H,6,7);2*1H;/q;;;;+4/p-4. The fraction of sp³-hybridized carbons (Fsp3) is 0. The molecule has 2 rings (SSSR count). The van der Waals surface area contributed by atoms with Gasteiger partial charge in [-0.1, -0.05) is 0 Å². The maximum absolute atomic E-state index is 4.33. The van der Waals surface area contributed by atoms with Crippen LogP contribution < -0.4 is 0 Å². The van der Waals surface area contributed by atoms with Gasteiger partial charge in [-0.25, -0.2) is 0 Å². The summed E-state index contributed by atoms with van der Waals surface area (Å²) in [4.78, 5) is 8.65. The van der Waals surface area contributed by atoms with Gasteiger partial charge in [-0.3, -0.25) is 0 Å². The van der Waals surface area contributed by atoms with Crippen LogP contribution in [0.3, 0.4) is 0 Å². The molecule has 0 radical (unpaired) electrons. The Morgan fingerprint density at radius 3 is 1.65 bits per heavy atom. The van der Waals surface area contributed by atoms with E-state index in [9.17, 15) is 0 Å². The summed E-state index contributed by atoms with van der Waals surface area (Å²) in [5, 5.41) is 2.08. The zero-order valence-electron chi connectivity index (χ0n) is 8.59. The van der Waals surface area contributed by atoms with E-state index in [1.807, 2.05) is 48.8 Å². The summed E-state index contributed by atoms with van der Waals surface area (Å²) >= 11 is 5.04. The van der Waals surface area contributed by atoms with Crippen molar-refractivity contribution in [2.45, 2.75) is 10.1 Å². The van der Waals surface area contributed by atoms with Crippen molar-refractivity contribution in [3.05, 3.63) is 48.8 Å². The van der Waals surface area contributed by atoms with Crippen molar-refractivity contribution in [1.82, 2.24) is 9.97 Å². The van der Waals surface area contributed by atoms with Gasteiger partial charge in [0.05, 0.1) is 0 Å². The molecule has 88 valence electrons. The number of rotatable bonds is 4. The van der Waals surface area contributed by atoms with Gasteiger partial charge < -0.3 is 0 Å². The fourth-order valence-corrected chi connectivity index (χ4v) is 26.3. The van der Waals surface area contributed by atoms with E-state index in [-0.39, 0.29) is 0 Å². The topological polar surface area (TPSA) is 25.8 Å². The molecule has 2 aromatic heterocycles. The van der Waals surface area contributed by atoms with E-state index in [0.29, 0.717) is 0 Å². The fourth-order valence-electron chi connectivity index (χ4n) is 1.08. The zero-order valence-corrected chi connectivity index (χ0v) is 16.2. The van der Waals surface area contributed by atoms with Gasteiger partial charge in [-0.15, -0.1) is 0 Å². The first-order chi connectivity index (χ1) is 8.16. The summed E-state index contributed by atoms with van der Waals surface area (Å²) in [7, 11) is 3.59. The number of nitrogens with zero attached hydrogens (tertiary/aromatic N) is 2. The molecular weight excluding hydrogens is 491 g/mol. The Morgan fingerprint density at radius 2 is 1.29 bits per heavy atom. The monoisotopic (exact) mass is 498 g/mol. The molecule has 0 bridgehead atoms. The van der Waals surface area contributed by atoms with Crippen molar-refractivity contribution in [2.75, 3.05) is 0 Å². The average Bonchev–Trinajstić information content (AvgIpc) is 2.30. The molecule has 2 heterocycles. The van der Waals surface area contributed by atoms with E-state index in [0.717, 1.165) is 10.1 Å². The molecule has 0 amide bonds. The van der Waals surface area contributed by atoms with Crippen molar-refractivity contribution >= 4 is 54.5 Å². The van der Waals surface area contributed by atoms with Crippen molar-refractivity contribution in [3.8, 4) is 0 Å². The molecular formula is C10H8Br2N2S2Sn. The molecule has 0 saturated heterocycles. The van der Waals surface area contributed by atoms with Crippen LogP contribution >= 0.6 is 43.3 Å². The SMILES string of the molecule is [Br][Sn]([Br])([S]c1ccccn1)[S]c1ccccn1. The Bertz CT molecular complexity index is 427. The third-order valence-corrected chi connectivity index (χ3v) is 27.1. The second-order valence-corrected chi connectivity index (χ2v) is 57.5. The molecule has 0 saturated carbocycles. The van der Waals surface area contributed by atoms with Crippen LogP contribution in [-0.4, -0.2) is 21.1 Å². The van der Waals surface area contributed by atoms with Gasteiger partial charge in [0.15, 0.2) is 0 Å². The number of aromatic nitrogens is 2. The average molecular weight is 499 g/mol. The van der Waals surface area contributed by atoms with Crippen LogP contribution in [0.25, 0.3) is 0 Å². The number of halogens is 2. The van der Waals surface area contributed by atoms with Gasteiger partial charge in [-0.05, 0) is 0 Å². The minimum absolute atomic E-state index is 1.04. The van der Waals surface area contributed by atoms with Crippen LogP contribution in [0.15, 0.2) is 58.8 Å². The van der Waals surface area contributed by atoms with E-state index in [2.05, 4.69) is 35.4 Å². The molecule has 0 unspecified atom stereocenters. The maximum atomic E-state index is 4.33. The molecule has 7 heteroatoms. The number of hydrogen-bond donors (Lipinski definition) is 0. The van der Waals surface area contributed by atoms with E-state index in [1.165, 1.54) is 0 Å². The third kappa shape index (κ3) is 5.10. The van der Waals surface area contributed by atoms with Crippen molar-refractivity contribution < 1.29 is 0 Å². The summed E-state index contributed by atoms with van der Waals surface area (Å²) in [5.41, 5.74) is 0. The van der Waals surface area contributed by atoms with Crippen LogP contribution in [0.1, 0.15) is 0 Å². The Balaban J connectivity index is 2.04. The summed E-state index contributed by atoms with van der Waals surface area (Å²) in [6.07, 6.45) is 3.63. The molecule has 0 aliphatic rings. The van der Waals surface area contributed by atoms with Gasteiger partial charge in [-0.2, -0.15) is 0 Å². The van der Waals surface area contributed by atoms with Gasteiger partial charge in [0.25, 0.3) is 0 Å². The van der Waals surface area contributed by atoms with Crippen molar-refractivity contribution in [1.29, 1.82) is 0 Å². The van der Waals surface area contributed by atoms with Crippen LogP contribution in [0, 0.1) is 0 Å². The van der Waals surface area contributed by atoms with Crippen LogP contribution in [0.2, 0.25) is 0 Å². The molecule has 0 aliphatic heterocycles. The van der Waals surface area contributed by atoms with E-state index >= 15 is 0 Å². The summed E-state index contributed by atoms with van der Waals surface area (Å²) < 4.78 is 0. The predicted octanol–water partition coefficient (Wildman–Crippen LogP) is 4.59. The molecule has 0 atom stereocenters. The molecule has 0 aromatic carbocycles. The first-order valence-corrected chi connectivity index (χ1v) is 26.2. The quantitative estimate of drug-likeness (QED) is 0.576. The molecule has 0 N–H and O–H groups in total. The van der Waals surface area contributed by atoms with Gasteiger partial charge in [0.1, 0.15) is 0 Å². The van der Waals surface area contributed by atoms with Crippen LogP contribution in [-0.2, 0) is 0 Å². The molecule has 2 nitrogen and oxygen atoms in total. The number of pyridine rings is 2. The first kappa shape index (κ1) is 14.2. The molecule has 17 heavy (non-hydrogen) atoms. The van der Waals surface area contributed by atoms with E-state index < -0.39 is 11.2 Å². The van der Waals surface area contributed by atoms with Crippen molar-refractivity contribution in [2.24, 2.45) is 0 Å². The van der Waals surface area contributed by atoms with Gasteiger partial charge >= 0.3 is 123 Å². The Kier molecular flexibility index (Phi) is 5.66. The molecule has 0 spiro atoms. The Hall–Kier alpha value is 0.759.